The third-order valence-corrected chi connectivity index (χ3v) is 4.80. The van der Waals surface area contributed by atoms with E-state index in [-0.39, 0.29) is 18.5 Å². The third-order valence-electron chi connectivity index (χ3n) is 4.80. The number of carbonyl (C=O) groups excluding carboxylic acids is 1. The van der Waals surface area contributed by atoms with Crippen LogP contribution in [-0.2, 0) is 35.6 Å². The van der Waals surface area contributed by atoms with E-state index < -0.39 is 6.04 Å². The van der Waals surface area contributed by atoms with Gasteiger partial charge in [-0.05, 0) is 29.7 Å². The van der Waals surface area contributed by atoms with Crippen LogP contribution < -0.4 is 10.5 Å². The van der Waals surface area contributed by atoms with E-state index in [0.717, 1.165) is 11.1 Å². The van der Waals surface area contributed by atoms with Crippen LogP contribution in [-0.4, -0.2) is 23.6 Å². The molecule has 0 fully saturated rings. The molecule has 2 aliphatic heterocycles. The van der Waals surface area contributed by atoms with Gasteiger partial charge in [-0.1, -0.05) is 24.3 Å². The monoisotopic (exact) mass is 342 g/mol. The molecule has 130 valence electrons. The molecule has 4 rings (SSSR count). The molecule has 0 aliphatic carbocycles. The molecule has 0 radical (unpaired) electrons. The van der Waals surface area contributed by atoms with Crippen molar-refractivity contribution in [1.82, 2.24) is 4.90 Å². The number of hydrogen-bond donors (Lipinski definition) is 1. The standard InChI is InChI=1S/C19H19FN2O3/c20-16-5-14(18-15(6-16)10-24-11-25-18)9-22-8-13-4-2-1-3-12(13)7-17(22)19(21)23/h1-6,17H,7-11H2,(H2,21,23)/t17-/m0/s1. The lowest BCUT2D eigenvalue weighted by Crippen LogP contribution is -2.48. The number of rotatable bonds is 3. The predicted octanol–water partition coefficient (Wildman–Crippen LogP) is 2.10. The van der Waals surface area contributed by atoms with Crippen molar-refractivity contribution in [2.24, 2.45) is 5.73 Å². The number of nitrogens with two attached hydrogens (primary N) is 1. The molecule has 1 amide bonds. The number of benzene rings is 2. The number of hydrogen-bond acceptors (Lipinski definition) is 4. The summed E-state index contributed by atoms with van der Waals surface area (Å²) >= 11 is 0. The molecule has 1 atom stereocenters. The van der Waals surface area contributed by atoms with E-state index in [2.05, 4.69) is 0 Å². The maximum absolute atomic E-state index is 14.0. The first-order chi connectivity index (χ1) is 12.1. The fourth-order valence-corrected chi connectivity index (χ4v) is 3.62. The number of nitrogens with zero attached hydrogens (tertiary/aromatic N) is 1. The van der Waals surface area contributed by atoms with Crippen LogP contribution in [0.1, 0.15) is 22.3 Å². The van der Waals surface area contributed by atoms with Gasteiger partial charge < -0.3 is 15.2 Å². The molecular formula is C19H19FN2O3. The zero-order valence-corrected chi connectivity index (χ0v) is 13.7. The predicted molar refractivity (Wildman–Crippen MR) is 89.1 cm³/mol. The molecule has 0 aromatic heterocycles. The molecule has 2 N–H and O–H groups in total. The van der Waals surface area contributed by atoms with Crippen LogP contribution in [0.2, 0.25) is 0 Å². The van der Waals surface area contributed by atoms with Gasteiger partial charge >= 0.3 is 0 Å². The minimum absolute atomic E-state index is 0.147. The van der Waals surface area contributed by atoms with Gasteiger partial charge in [0.05, 0.1) is 12.6 Å². The van der Waals surface area contributed by atoms with E-state index in [1.807, 2.05) is 29.2 Å². The summed E-state index contributed by atoms with van der Waals surface area (Å²) in [7, 11) is 0. The Labute approximate surface area is 145 Å². The van der Waals surface area contributed by atoms with Crippen molar-refractivity contribution < 1.29 is 18.7 Å². The Balaban J connectivity index is 1.67. The zero-order chi connectivity index (χ0) is 17.4. The molecule has 2 aliphatic rings. The van der Waals surface area contributed by atoms with E-state index in [0.29, 0.717) is 43.0 Å². The number of halogens is 1. The van der Waals surface area contributed by atoms with Crippen molar-refractivity contribution in [3.63, 3.8) is 0 Å². The summed E-state index contributed by atoms with van der Waals surface area (Å²) in [4.78, 5) is 14.0. The molecule has 0 unspecified atom stereocenters. The van der Waals surface area contributed by atoms with Gasteiger partial charge in [-0.15, -0.1) is 0 Å². The quantitative estimate of drug-likeness (QED) is 0.928. The summed E-state index contributed by atoms with van der Waals surface area (Å²) in [6.07, 6.45) is 0.562. The molecule has 5 nitrogen and oxygen atoms in total. The average Bonchev–Trinajstić information content (AvgIpc) is 2.61. The van der Waals surface area contributed by atoms with Gasteiger partial charge in [0.15, 0.2) is 6.79 Å². The van der Waals surface area contributed by atoms with E-state index >= 15 is 0 Å². The molecule has 2 aromatic rings. The zero-order valence-electron chi connectivity index (χ0n) is 13.7. The first kappa shape index (κ1) is 16.1. The van der Waals surface area contributed by atoms with Gasteiger partial charge in [0.25, 0.3) is 0 Å². The van der Waals surface area contributed by atoms with Crippen LogP contribution in [0.25, 0.3) is 0 Å². The van der Waals surface area contributed by atoms with Crippen molar-refractivity contribution in [3.05, 3.63) is 64.5 Å². The number of amides is 1. The summed E-state index contributed by atoms with van der Waals surface area (Å²) in [5.41, 5.74) is 9.33. The van der Waals surface area contributed by atoms with Crippen molar-refractivity contribution in [2.45, 2.75) is 32.2 Å². The second kappa shape index (κ2) is 6.46. The number of ether oxygens (including phenoxy) is 2. The van der Waals surface area contributed by atoms with Crippen LogP contribution in [0.3, 0.4) is 0 Å². The molecule has 2 heterocycles. The summed E-state index contributed by atoms with van der Waals surface area (Å²) in [5, 5.41) is 0. The Morgan fingerprint density at radius 3 is 2.84 bits per heavy atom. The normalized spacial score (nSPS) is 19.6. The smallest absolute Gasteiger partial charge is 0.235 e. The van der Waals surface area contributed by atoms with E-state index in [9.17, 15) is 9.18 Å². The van der Waals surface area contributed by atoms with E-state index in [1.54, 1.807) is 0 Å². The first-order valence-corrected chi connectivity index (χ1v) is 8.24. The van der Waals surface area contributed by atoms with Crippen LogP contribution in [0.5, 0.6) is 5.75 Å². The SMILES string of the molecule is NC(=O)[C@@H]1Cc2ccccc2CN1Cc1cc(F)cc2c1OCOC2. The highest BCUT2D eigenvalue weighted by Gasteiger charge is 2.31. The summed E-state index contributed by atoms with van der Waals surface area (Å²) < 4.78 is 24.8. The molecule has 0 bridgehead atoms. The Bertz CT molecular complexity index is 824. The van der Waals surface area contributed by atoms with Crippen LogP contribution >= 0.6 is 0 Å². The molecule has 25 heavy (non-hydrogen) atoms. The van der Waals surface area contributed by atoms with Crippen LogP contribution in [0.15, 0.2) is 36.4 Å². The van der Waals surface area contributed by atoms with Crippen molar-refractivity contribution in [1.29, 1.82) is 0 Å². The number of primary amides is 1. The minimum atomic E-state index is -0.423. The molecule has 6 heteroatoms. The topological polar surface area (TPSA) is 64.8 Å². The molecule has 0 spiro atoms. The lowest BCUT2D eigenvalue weighted by atomic mass is 9.93. The fourth-order valence-electron chi connectivity index (χ4n) is 3.62. The molecule has 0 saturated heterocycles. The Morgan fingerprint density at radius 2 is 2.04 bits per heavy atom. The van der Waals surface area contributed by atoms with Gasteiger partial charge in [-0.3, -0.25) is 9.69 Å². The maximum atomic E-state index is 14.0. The minimum Gasteiger partial charge on any atom is -0.467 e. The summed E-state index contributed by atoms with van der Waals surface area (Å²) in [5.74, 6) is -0.0605. The molecular weight excluding hydrogens is 323 g/mol. The fraction of sp³-hybridized carbons (Fsp3) is 0.316. The van der Waals surface area contributed by atoms with Crippen LogP contribution in [0, 0.1) is 5.82 Å². The highest BCUT2D eigenvalue weighted by atomic mass is 19.1. The second-order valence-corrected chi connectivity index (χ2v) is 6.46. The van der Waals surface area contributed by atoms with E-state index in [4.69, 9.17) is 15.2 Å². The summed E-state index contributed by atoms with van der Waals surface area (Å²) in [6, 6.07) is 10.5. The third kappa shape index (κ3) is 3.10. The summed E-state index contributed by atoms with van der Waals surface area (Å²) in [6.45, 7) is 1.45. The van der Waals surface area contributed by atoms with Gasteiger partial charge in [-0.2, -0.15) is 0 Å². The highest BCUT2D eigenvalue weighted by Crippen LogP contribution is 2.32. The number of fused-ring (bicyclic) bond motifs is 2. The molecule has 2 aromatic carbocycles. The van der Waals surface area contributed by atoms with E-state index in [1.165, 1.54) is 12.1 Å². The Hall–Kier alpha value is -2.44. The van der Waals surface area contributed by atoms with Gasteiger partial charge in [0.2, 0.25) is 5.91 Å². The lowest BCUT2D eigenvalue weighted by molar-refractivity contribution is -0.124. The average molecular weight is 342 g/mol. The molecule has 0 saturated carbocycles. The van der Waals surface area contributed by atoms with Gasteiger partial charge in [0.1, 0.15) is 11.6 Å². The van der Waals surface area contributed by atoms with Gasteiger partial charge in [-0.25, -0.2) is 4.39 Å². The van der Waals surface area contributed by atoms with Crippen molar-refractivity contribution >= 4 is 5.91 Å². The van der Waals surface area contributed by atoms with Crippen molar-refractivity contribution in [2.75, 3.05) is 6.79 Å². The highest BCUT2D eigenvalue weighted by molar-refractivity contribution is 5.80. The first-order valence-electron chi connectivity index (χ1n) is 8.24. The largest absolute Gasteiger partial charge is 0.467 e. The Kier molecular flexibility index (Phi) is 4.15. The Morgan fingerprint density at radius 1 is 1.24 bits per heavy atom. The second-order valence-electron chi connectivity index (χ2n) is 6.46. The van der Waals surface area contributed by atoms with Crippen LogP contribution in [0.4, 0.5) is 4.39 Å². The van der Waals surface area contributed by atoms with Crippen molar-refractivity contribution in [3.8, 4) is 5.75 Å². The lowest BCUT2D eigenvalue weighted by Gasteiger charge is -2.35. The number of carbonyl (C=O) groups is 1. The maximum Gasteiger partial charge on any atom is 0.235 e. The van der Waals surface area contributed by atoms with Gasteiger partial charge in [0, 0.05) is 24.2 Å².